The number of rotatable bonds is 6. The lowest BCUT2D eigenvalue weighted by atomic mass is 10.1. The molecule has 0 aliphatic rings. The molecule has 3 heteroatoms. The van der Waals surface area contributed by atoms with Gasteiger partial charge in [0.2, 0.25) is 5.91 Å². The minimum atomic E-state index is -0.361. The maximum absolute atomic E-state index is 12.0. The summed E-state index contributed by atoms with van der Waals surface area (Å²) in [6, 6.07) is 18.8. The van der Waals surface area contributed by atoms with Gasteiger partial charge in [0.05, 0.1) is 5.92 Å². The van der Waals surface area contributed by atoms with E-state index in [0.29, 0.717) is 6.42 Å². The third kappa shape index (κ3) is 5.02. The lowest BCUT2D eigenvalue weighted by Crippen LogP contribution is -2.19. The summed E-state index contributed by atoms with van der Waals surface area (Å²) in [5.41, 5.74) is 1.72. The third-order valence-electron chi connectivity index (χ3n) is 3.25. The Hall–Kier alpha value is -2.68. The fourth-order valence-corrected chi connectivity index (χ4v) is 1.97. The topological polar surface area (TPSA) is 46.2 Å². The Morgan fingerprint density at radius 2 is 1.59 bits per heavy atom. The molecule has 0 radical (unpaired) electrons. The molecule has 22 heavy (non-hydrogen) atoms. The second-order valence-electron chi connectivity index (χ2n) is 5.13. The van der Waals surface area contributed by atoms with Crippen LogP contribution in [0.4, 0.5) is 5.69 Å². The fraction of sp³-hybridized carbons (Fsp3) is 0.158. The molecule has 0 saturated carbocycles. The number of hydrogen-bond acceptors (Lipinski definition) is 2. The Morgan fingerprint density at radius 3 is 2.23 bits per heavy atom. The highest BCUT2D eigenvalue weighted by Gasteiger charge is 2.10. The predicted molar refractivity (Wildman–Crippen MR) is 88.5 cm³/mol. The molecule has 112 valence electrons. The number of benzene rings is 2. The lowest BCUT2D eigenvalue weighted by molar-refractivity contribution is -0.118. The van der Waals surface area contributed by atoms with Crippen molar-refractivity contribution in [2.45, 2.75) is 13.3 Å². The lowest BCUT2D eigenvalue weighted by Gasteiger charge is -2.08. The number of hydrogen-bond donors (Lipinski definition) is 1. The highest BCUT2D eigenvalue weighted by Crippen LogP contribution is 2.09. The summed E-state index contributed by atoms with van der Waals surface area (Å²) < 4.78 is 0. The van der Waals surface area contributed by atoms with Crippen molar-refractivity contribution in [3.05, 3.63) is 78.4 Å². The fourth-order valence-electron chi connectivity index (χ4n) is 1.97. The number of para-hydroxylation sites is 1. The molecular formula is C19H19NO2. The Kier molecular flexibility index (Phi) is 5.66. The minimum absolute atomic E-state index is 0.00874. The Labute approximate surface area is 130 Å². The molecule has 0 aliphatic carbocycles. The molecule has 0 fully saturated rings. The van der Waals surface area contributed by atoms with Crippen molar-refractivity contribution < 1.29 is 9.59 Å². The minimum Gasteiger partial charge on any atom is -0.326 e. The Morgan fingerprint density at radius 1 is 1.00 bits per heavy atom. The van der Waals surface area contributed by atoms with Gasteiger partial charge in [-0.3, -0.25) is 9.59 Å². The van der Waals surface area contributed by atoms with E-state index in [4.69, 9.17) is 0 Å². The van der Waals surface area contributed by atoms with Gasteiger partial charge in [-0.2, -0.15) is 0 Å². The van der Waals surface area contributed by atoms with Crippen molar-refractivity contribution in [3.63, 3.8) is 0 Å². The third-order valence-corrected chi connectivity index (χ3v) is 3.25. The van der Waals surface area contributed by atoms with Crippen LogP contribution in [-0.2, 0) is 16.0 Å². The zero-order valence-corrected chi connectivity index (χ0v) is 12.5. The Bertz CT molecular complexity index is 648. The van der Waals surface area contributed by atoms with Gasteiger partial charge >= 0.3 is 0 Å². The maximum Gasteiger partial charge on any atom is 0.231 e. The van der Waals surface area contributed by atoms with E-state index >= 15 is 0 Å². The van der Waals surface area contributed by atoms with Crippen molar-refractivity contribution in [1.82, 2.24) is 0 Å². The van der Waals surface area contributed by atoms with Gasteiger partial charge in [-0.05, 0) is 23.8 Å². The number of allylic oxidation sites excluding steroid dienone is 1. The van der Waals surface area contributed by atoms with Crippen LogP contribution in [0.3, 0.4) is 0 Å². The van der Waals surface area contributed by atoms with Crippen molar-refractivity contribution in [3.8, 4) is 0 Å². The summed E-state index contributed by atoms with van der Waals surface area (Å²) in [4.78, 5) is 23.9. The molecular weight excluding hydrogens is 274 g/mol. The normalized spacial score (nSPS) is 12.0. The number of amides is 1. The van der Waals surface area contributed by atoms with E-state index in [-0.39, 0.29) is 17.6 Å². The van der Waals surface area contributed by atoms with Crippen molar-refractivity contribution in [1.29, 1.82) is 0 Å². The maximum atomic E-state index is 12.0. The Balaban J connectivity index is 1.86. The van der Waals surface area contributed by atoms with E-state index in [9.17, 15) is 9.59 Å². The highest BCUT2D eigenvalue weighted by atomic mass is 16.2. The molecule has 3 nitrogen and oxygen atoms in total. The molecule has 1 atom stereocenters. The van der Waals surface area contributed by atoms with Crippen LogP contribution in [0, 0.1) is 5.92 Å². The molecule has 1 N–H and O–H groups in total. The van der Waals surface area contributed by atoms with E-state index in [0.717, 1.165) is 11.3 Å². The van der Waals surface area contributed by atoms with Gasteiger partial charge in [0.1, 0.15) is 0 Å². The molecule has 0 saturated heterocycles. The first-order valence-corrected chi connectivity index (χ1v) is 7.26. The summed E-state index contributed by atoms with van der Waals surface area (Å²) in [5.74, 6) is -0.500. The van der Waals surface area contributed by atoms with Crippen molar-refractivity contribution >= 4 is 17.4 Å². The van der Waals surface area contributed by atoms with Crippen LogP contribution in [0.2, 0.25) is 0 Å². The summed E-state index contributed by atoms with van der Waals surface area (Å²) in [5, 5.41) is 2.81. The highest BCUT2D eigenvalue weighted by molar-refractivity contribution is 5.95. The van der Waals surface area contributed by atoms with Gasteiger partial charge in [-0.15, -0.1) is 0 Å². The molecule has 2 aromatic carbocycles. The van der Waals surface area contributed by atoms with E-state index in [1.54, 1.807) is 13.0 Å². The van der Waals surface area contributed by atoms with Crippen molar-refractivity contribution in [2.75, 3.05) is 5.32 Å². The number of nitrogens with one attached hydrogen (secondary N) is 1. The standard InChI is InChI=1S/C19H19NO2/c1-15(19(22)20-17-10-6-3-7-11-17)12-13-18(21)14-16-8-4-2-5-9-16/h2-13,15H,14H2,1H3,(H,20,22). The average Bonchev–Trinajstić information content (AvgIpc) is 2.54. The van der Waals surface area contributed by atoms with Gasteiger partial charge in [-0.1, -0.05) is 61.5 Å². The van der Waals surface area contributed by atoms with Crippen LogP contribution < -0.4 is 5.32 Å². The first kappa shape index (κ1) is 15.7. The van der Waals surface area contributed by atoms with E-state index in [1.807, 2.05) is 60.7 Å². The SMILES string of the molecule is CC(C=CC(=O)Cc1ccccc1)C(=O)Nc1ccccc1. The second-order valence-corrected chi connectivity index (χ2v) is 5.13. The molecule has 0 aromatic heterocycles. The van der Waals surface area contributed by atoms with Crippen molar-refractivity contribution in [2.24, 2.45) is 5.92 Å². The van der Waals surface area contributed by atoms with Gasteiger partial charge in [0.25, 0.3) is 0 Å². The summed E-state index contributed by atoms with van der Waals surface area (Å²) in [6.07, 6.45) is 3.48. The number of carbonyl (C=O) groups excluding carboxylic acids is 2. The summed E-state index contributed by atoms with van der Waals surface area (Å²) >= 11 is 0. The van der Waals surface area contributed by atoms with Crippen LogP contribution in [0.1, 0.15) is 12.5 Å². The quantitative estimate of drug-likeness (QED) is 0.827. The summed E-state index contributed by atoms with van der Waals surface area (Å²) in [7, 11) is 0. The van der Waals surface area contributed by atoms with Gasteiger partial charge in [0, 0.05) is 12.1 Å². The van der Waals surface area contributed by atoms with Gasteiger partial charge < -0.3 is 5.32 Å². The first-order valence-electron chi connectivity index (χ1n) is 7.26. The van der Waals surface area contributed by atoms with E-state index in [1.165, 1.54) is 6.08 Å². The van der Waals surface area contributed by atoms with E-state index < -0.39 is 0 Å². The molecule has 1 unspecified atom stereocenters. The molecule has 2 aromatic rings. The van der Waals surface area contributed by atoms with E-state index in [2.05, 4.69) is 5.32 Å². The molecule has 2 rings (SSSR count). The van der Waals surface area contributed by atoms with Crippen LogP contribution in [0.15, 0.2) is 72.8 Å². The molecule has 1 amide bonds. The van der Waals surface area contributed by atoms with Gasteiger partial charge in [-0.25, -0.2) is 0 Å². The second kappa shape index (κ2) is 7.93. The zero-order chi connectivity index (χ0) is 15.8. The van der Waals surface area contributed by atoms with Crippen LogP contribution in [0.25, 0.3) is 0 Å². The number of ketones is 1. The van der Waals surface area contributed by atoms with Crippen LogP contribution >= 0.6 is 0 Å². The van der Waals surface area contributed by atoms with Crippen LogP contribution in [0.5, 0.6) is 0 Å². The molecule has 0 spiro atoms. The average molecular weight is 293 g/mol. The number of carbonyl (C=O) groups is 2. The smallest absolute Gasteiger partial charge is 0.231 e. The molecule has 0 bridgehead atoms. The predicted octanol–water partition coefficient (Wildman–Crippen LogP) is 3.63. The molecule has 0 heterocycles. The van der Waals surface area contributed by atoms with Crippen LogP contribution in [-0.4, -0.2) is 11.7 Å². The monoisotopic (exact) mass is 293 g/mol. The largest absolute Gasteiger partial charge is 0.326 e. The summed E-state index contributed by atoms with van der Waals surface area (Å²) in [6.45, 7) is 1.77. The zero-order valence-electron chi connectivity index (χ0n) is 12.5. The molecule has 0 aliphatic heterocycles. The number of anilines is 1. The first-order chi connectivity index (χ1) is 10.6. The van der Waals surface area contributed by atoms with Gasteiger partial charge in [0.15, 0.2) is 5.78 Å².